The van der Waals surface area contributed by atoms with Crippen molar-refractivity contribution in [2.24, 2.45) is 5.92 Å². The van der Waals surface area contributed by atoms with Gasteiger partial charge in [-0.1, -0.05) is 0 Å². The van der Waals surface area contributed by atoms with E-state index in [0.29, 0.717) is 14.0 Å². The van der Waals surface area contributed by atoms with Crippen LogP contribution in [0.1, 0.15) is 6.42 Å². The second-order valence-electron chi connectivity index (χ2n) is 3.88. The zero-order chi connectivity index (χ0) is 13.5. The summed E-state index contributed by atoms with van der Waals surface area (Å²) in [6.45, 7) is 0.288. The second kappa shape index (κ2) is 5.20. The molecule has 5 nitrogen and oxygen atoms in total. The van der Waals surface area contributed by atoms with Crippen molar-refractivity contribution >= 4 is 59.2 Å². The summed E-state index contributed by atoms with van der Waals surface area (Å²) in [5.41, 5.74) is 0. The Bertz CT molecular complexity index is 583. The number of halogens is 2. The smallest absolute Gasteiger partial charge is 0.307 e. The quantitative estimate of drug-likeness (QED) is 0.817. The van der Waals surface area contributed by atoms with Gasteiger partial charge in [-0.3, -0.25) is 4.79 Å². The van der Waals surface area contributed by atoms with E-state index in [0.717, 1.165) is 0 Å². The van der Waals surface area contributed by atoms with Crippen molar-refractivity contribution in [3.8, 4) is 0 Å². The Balaban J connectivity index is 2.28. The zero-order valence-corrected chi connectivity index (χ0v) is 13.8. The van der Waals surface area contributed by atoms with Gasteiger partial charge in [-0.2, -0.15) is 4.31 Å². The third-order valence-corrected chi connectivity index (χ3v) is 7.36. The Kier molecular flexibility index (Phi) is 4.17. The van der Waals surface area contributed by atoms with Gasteiger partial charge in [-0.25, -0.2) is 8.42 Å². The fraction of sp³-hybridized carbons (Fsp3) is 0.444. The number of hydrogen-bond acceptors (Lipinski definition) is 4. The van der Waals surface area contributed by atoms with Crippen molar-refractivity contribution in [2.75, 3.05) is 13.1 Å². The number of sulfonamides is 1. The molecule has 0 bridgehead atoms. The number of carbonyl (C=O) groups is 1. The maximum absolute atomic E-state index is 12.3. The van der Waals surface area contributed by atoms with E-state index in [4.69, 9.17) is 5.11 Å². The van der Waals surface area contributed by atoms with E-state index in [1.54, 1.807) is 0 Å². The van der Waals surface area contributed by atoms with Gasteiger partial charge in [0.15, 0.2) is 0 Å². The molecule has 100 valence electrons. The molecule has 1 fully saturated rings. The summed E-state index contributed by atoms with van der Waals surface area (Å²) < 4.78 is 27.1. The van der Waals surface area contributed by atoms with Gasteiger partial charge in [-0.15, -0.1) is 11.3 Å². The van der Waals surface area contributed by atoms with Crippen LogP contribution in [0.3, 0.4) is 0 Å². The Morgan fingerprint density at radius 3 is 2.61 bits per heavy atom. The van der Waals surface area contributed by atoms with Crippen molar-refractivity contribution in [1.29, 1.82) is 0 Å². The molecular weight excluding hydrogens is 410 g/mol. The minimum absolute atomic E-state index is 0.0393. The first-order valence-electron chi connectivity index (χ1n) is 5.00. The lowest BCUT2D eigenvalue weighted by atomic mass is 10.1. The fourth-order valence-electron chi connectivity index (χ4n) is 1.79. The van der Waals surface area contributed by atoms with E-state index >= 15 is 0 Å². The topological polar surface area (TPSA) is 74.7 Å². The molecule has 0 aromatic carbocycles. The molecule has 9 heteroatoms. The normalized spacial score (nSPS) is 21.3. The third-order valence-electron chi connectivity index (χ3n) is 2.74. The van der Waals surface area contributed by atoms with Gasteiger partial charge >= 0.3 is 5.97 Å². The number of rotatable bonds is 3. The zero-order valence-electron chi connectivity index (χ0n) is 8.97. The molecule has 0 amide bonds. The van der Waals surface area contributed by atoms with Crippen molar-refractivity contribution in [3.05, 3.63) is 13.6 Å². The molecule has 1 aliphatic rings. The molecule has 1 aromatic heterocycles. The molecule has 1 atom stereocenters. The number of aliphatic carboxylic acids is 1. The van der Waals surface area contributed by atoms with Crippen LogP contribution in [0.5, 0.6) is 0 Å². The van der Waals surface area contributed by atoms with Gasteiger partial charge in [0.1, 0.15) is 4.90 Å². The highest BCUT2D eigenvalue weighted by atomic mass is 79.9. The van der Waals surface area contributed by atoms with Gasteiger partial charge < -0.3 is 5.11 Å². The lowest BCUT2D eigenvalue weighted by Gasteiger charge is -2.15. The molecule has 0 saturated carbocycles. The molecule has 1 aromatic rings. The minimum atomic E-state index is -3.61. The first-order valence-corrected chi connectivity index (χ1v) is 8.84. The summed E-state index contributed by atoms with van der Waals surface area (Å²) in [5.74, 6) is -1.56. The maximum atomic E-state index is 12.3. The molecule has 1 saturated heterocycles. The predicted molar refractivity (Wildman–Crippen MR) is 74.2 cm³/mol. The molecule has 1 N–H and O–H groups in total. The third kappa shape index (κ3) is 2.64. The molecule has 18 heavy (non-hydrogen) atoms. The highest BCUT2D eigenvalue weighted by Crippen LogP contribution is 2.37. The molecule has 1 unspecified atom stereocenters. The average Bonchev–Trinajstić information content (AvgIpc) is 2.85. The van der Waals surface area contributed by atoms with Crippen LogP contribution in [-0.4, -0.2) is 36.9 Å². The molecule has 0 aliphatic carbocycles. The molecule has 2 rings (SSSR count). The second-order valence-corrected chi connectivity index (χ2v) is 9.53. The van der Waals surface area contributed by atoms with Gasteiger partial charge in [0.05, 0.1) is 13.5 Å². The van der Waals surface area contributed by atoms with Gasteiger partial charge in [0, 0.05) is 13.1 Å². The van der Waals surface area contributed by atoms with E-state index in [9.17, 15) is 13.2 Å². The van der Waals surface area contributed by atoms with Crippen molar-refractivity contribution in [1.82, 2.24) is 4.31 Å². The highest BCUT2D eigenvalue weighted by molar-refractivity contribution is 9.12. The van der Waals surface area contributed by atoms with E-state index < -0.39 is 21.9 Å². The van der Waals surface area contributed by atoms with Crippen LogP contribution in [-0.2, 0) is 14.8 Å². The van der Waals surface area contributed by atoms with Crippen LogP contribution in [0.25, 0.3) is 0 Å². The van der Waals surface area contributed by atoms with E-state index in [1.807, 2.05) is 0 Å². The number of hydrogen-bond donors (Lipinski definition) is 1. The summed E-state index contributed by atoms with van der Waals surface area (Å²) >= 11 is 7.71. The summed E-state index contributed by atoms with van der Waals surface area (Å²) in [7, 11) is -3.61. The Morgan fingerprint density at radius 2 is 2.17 bits per heavy atom. The summed E-state index contributed by atoms with van der Waals surface area (Å²) in [6, 6.07) is 1.53. The summed E-state index contributed by atoms with van der Waals surface area (Å²) in [6.07, 6.45) is 0.359. The van der Waals surface area contributed by atoms with Crippen LogP contribution in [0.15, 0.2) is 18.5 Å². The Morgan fingerprint density at radius 1 is 1.50 bits per heavy atom. The molecule has 2 heterocycles. The van der Waals surface area contributed by atoms with Crippen LogP contribution in [0.2, 0.25) is 0 Å². The largest absolute Gasteiger partial charge is 0.481 e. The molecule has 1 aliphatic heterocycles. The van der Waals surface area contributed by atoms with Crippen molar-refractivity contribution < 1.29 is 18.3 Å². The number of carboxylic acids is 1. The Labute approximate surface area is 125 Å². The van der Waals surface area contributed by atoms with Crippen molar-refractivity contribution in [3.63, 3.8) is 0 Å². The van der Waals surface area contributed by atoms with Crippen LogP contribution in [0, 0.1) is 5.92 Å². The van der Waals surface area contributed by atoms with Gasteiger partial charge in [0.2, 0.25) is 10.0 Å². The fourth-order valence-corrected chi connectivity index (χ4v) is 7.05. The van der Waals surface area contributed by atoms with E-state index in [2.05, 4.69) is 31.9 Å². The lowest BCUT2D eigenvalue weighted by Crippen LogP contribution is -2.30. The Hall–Kier alpha value is 0.0400. The first kappa shape index (κ1) is 14.4. The van der Waals surface area contributed by atoms with Gasteiger partial charge in [-0.05, 0) is 44.3 Å². The monoisotopic (exact) mass is 417 g/mol. The number of thiophene rings is 1. The highest BCUT2D eigenvalue weighted by Gasteiger charge is 2.37. The lowest BCUT2D eigenvalue weighted by molar-refractivity contribution is -0.141. The standard InChI is InChI=1S/C9H9Br2NO4S2/c10-7-3-6(8(11)17-7)18(15,16)12-2-1-5(4-12)9(13)14/h3,5H,1-2,4H2,(H,13,14). The first-order chi connectivity index (χ1) is 8.32. The minimum Gasteiger partial charge on any atom is -0.481 e. The maximum Gasteiger partial charge on any atom is 0.307 e. The molecular formula is C9H9Br2NO4S2. The van der Waals surface area contributed by atoms with E-state index in [-0.39, 0.29) is 18.0 Å². The summed E-state index contributed by atoms with van der Waals surface area (Å²) in [5, 5.41) is 8.89. The van der Waals surface area contributed by atoms with E-state index in [1.165, 1.54) is 21.7 Å². The van der Waals surface area contributed by atoms with Gasteiger partial charge in [0.25, 0.3) is 0 Å². The molecule has 0 radical (unpaired) electrons. The predicted octanol–water partition coefficient (Wildman–Crippen LogP) is 2.37. The van der Waals surface area contributed by atoms with Crippen LogP contribution in [0.4, 0.5) is 0 Å². The van der Waals surface area contributed by atoms with Crippen LogP contribution >= 0.6 is 43.2 Å². The van der Waals surface area contributed by atoms with Crippen LogP contribution < -0.4 is 0 Å². The SMILES string of the molecule is O=C(O)C1CCN(S(=O)(=O)c2cc(Br)sc2Br)C1. The average molecular weight is 419 g/mol. The summed E-state index contributed by atoms with van der Waals surface area (Å²) in [4.78, 5) is 11.0. The van der Waals surface area contributed by atoms with Crippen molar-refractivity contribution in [2.45, 2.75) is 11.3 Å². The number of nitrogens with zero attached hydrogens (tertiary/aromatic N) is 1. The molecule has 0 spiro atoms. The number of carboxylic acid groups (broad SMARTS) is 1.